The molecule has 0 aliphatic carbocycles. The Morgan fingerprint density at radius 2 is 1.97 bits per heavy atom. The molecule has 0 fully saturated rings. The van der Waals surface area contributed by atoms with E-state index in [1.165, 1.54) is 35.7 Å². The molecule has 0 spiro atoms. The van der Waals surface area contributed by atoms with Gasteiger partial charge in [-0.05, 0) is 42.9 Å². The van der Waals surface area contributed by atoms with Crippen LogP contribution in [0.4, 0.5) is 4.39 Å². The van der Waals surface area contributed by atoms with Crippen molar-refractivity contribution in [2.45, 2.75) is 39.3 Å². The summed E-state index contributed by atoms with van der Waals surface area (Å²) in [6.45, 7) is 2.21. The fourth-order valence-electron chi connectivity index (χ4n) is 3.76. The van der Waals surface area contributed by atoms with Crippen molar-refractivity contribution in [3.8, 4) is 5.75 Å². The maximum Gasteiger partial charge on any atom is 0.311 e. The predicted octanol–water partition coefficient (Wildman–Crippen LogP) is 0.483. The number of benzene rings is 1. The molecule has 10 nitrogen and oxygen atoms in total. The van der Waals surface area contributed by atoms with Crippen molar-refractivity contribution >= 4 is 17.7 Å². The van der Waals surface area contributed by atoms with Gasteiger partial charge in [-0.15, -0.1) is 0 Å². The van der Waals surface area contributed by atoms with E-state index in [-0.39, 0.29) is 37.1 Å². The van der Waals surface area contributed by atoms with E-state index in [0.29, 0.717) is 36.2 Å². The van der Waals surface area contributed by atoms with Crippen molar-refractivity contribution in [1.29, 1.82) is 0 Å². The number of hydrogen-bond acceptors (Lipinski definition) is 6. The summed E-state index contributed by atoms with van der Waals surface area (Å²) < 4.78 is 14.8. The zero-order valence-corrected chi connectivity index (χ0v) is 19.4. The fourth-order valence-corrected chi connectivity index (χ4v) is 3.76. The molecule has 1 unspecified atom stereocenters. The van der Waals surface area contributed by atoms with Crippen LogP contribution in [0.3, 0.4) is 0 Å². The van der Waals surface area contributed by atoms with Gasteiger partial charge in [-0.3, -0.25) is 23.7 Å². The standard InChI is InChI=1S/C23H28FN5O5/c1-13-10-15(4-6-16(13)24)12-25-20(31)18-19(30)22(33)29-9-8-14(5-7-17(29)27-18)11-26-21(32)23(34)28(2)3/h4,6,10,14,30H,5,7-9,11-12H2,1-3H3,(H,25,31)(H,26,32). The number of carbonyl (C=O) groups is 3. The first-order valence-corrected chi connectivity index (χ1v) is 10.9. The summed E-state index contributed by atoms with van der Waals surface area (Å²) in [5, 5.41) is 15.5. The summed E-state index contributed by atoms with van der Waals surface area (Å²) >= 11 is 0. The number of halogens is 1. The number of hydrogen-bond donors (Lipinski definition) is 3. The number of aromatic nitrogens is 2. The van der Waals surface area contributed by atoms with Crippen LogP contribution in [0.25, 0.3) is 0 Å². The highest BCUT2D eigenvalue weighted by atomic mass is 19.1. The Labute approximate surface area is 195 Å². The van der Waals surface area contributed by atoms with Gasteiger partial charge in [-0.25, -0.2) is 9.37 Å². The Bertz CT molecular complexity index is 1180. The lowest BCUT2D eigenvalue weighted by Gasteiger charge is -2.15. The minimum absolute atomic E-state index is 0.0128. The number of nitrogens with one attached hydrogen (secondary N) is 2. The maximum atomic E-state index is 13.4. The van der Waals surface area contributed by atoms with Gasteiger partial charge in [0.1, 0.15) is 11.6 Å². The Kier molecular flexibility index (Phi) is 7.64. The number of aryl methyl sites for hydroxylation is 2. The molecule has 1 aromatic heterocycles. The molecule has 34 heavy (non-hydrogen) atoms. The molecule has 182 valence electrons. The minimum Gasteiger partial charge on any atom is -0.501 e. The lowest BCUT2D eigenvalue weighted by Crippen LogP contribution is -2.41. The van der Waals surface area contributed by atoms with Crippen LogP contribution in [0, 0.1) is 18.7 Å². The maximum absolute atomic E-state index is 13.4. The zero-order valence-electron chi connectivity index (χ0n) is 19.4. The van der Waals surface area contributed by atoms with Crippen LogP contribution in [0.1, 0.15) is 40.3 Å². The van der Waals surface area contributed by atoms with Crippen molar-refractivity contribution in [1.82, 2.24) is 25.1 Å². The zero-order chi connectivity index (χ0) is 25.0. The van der Waals surface area contributed by atoms with Crippen LogP contribution >= 0.6 is 0 Å². The van der Waals surface area contributed by atoms with E-state index in [0.717, 1.165) is 0 Å². The highest BCUT2D eigenvalue weighted by Gasteiger charge is 2.25. The average molecular weight is 474 g/mol. The highest BCUT2D eigenvalue weighted by molar-refractivity contribution is 6.34. The van der Waals surface area contributed by atoms with Crippen LogP contribution in [-0.4, -0.2) is 57.9 Å². The summed E-state index contributed by atoms with van der Waals surface area (Å²) in [5.41, 5.74) is 0.0299. The van der Waals surface area contributed by atoms with Gasteiger partial charge in [-0.2, -0.15) is 0 Å². The molecule has 3 N–H and O–H groups in total. The summed E-state index contributed by atoms with van der Waals surface area (Å²) in [6.07, 6.45) is 1.46. The van der Waals surface area contributed by atoms with Crippen molar-refractivity contribution in [3.05, 3.63) is 57.0 Å². The van der Waals surface area contributed by atoms with Gasteiger partial charge >= 0.3 is 11.8 Å². The molecular formula is C23H28FN5O5. The number of rotatable bonds is 5. The SMILES string of the molecule is Cc1cc(CNC(=O)c2nc3n(c(=O)c2O)CCC(CNC(=O)C(=O)N(C)C)CC3)ccc1F. The highest BCUT2D eigenvalue weighted by Crippen LogP contribution is 2.20. The van der Waals surface area contributed by atoms with E-state index in [4.69, 9.17) is 0 Å². The van der Waals surface area contributed by atoms with Crippen LogP contribution < -0.4 is 16.2 Å². The lowest BCUT2D eigenvalue weighted by molar-refractivity contribution is -0.144. The van der Waals surface area contributed by atoms with Crippen LogP contribution in [0.5, 0.6) is 5.75 Å². The Morgan fingerprint density at radius 1 is 1.24 bits per heavy atom. The molecule has 3 amide bonds. The second-order valence-electron chi connectivity index (χ2n) is 8.55. The van der Waals surface area contributed by atoms with Crippen LogP contribution in [0.15, 0.2) is 23.0 Å². The second kappa shape index (κ2) is 10.4. The van der Waals surface area contributed by atoms with Crippen LogP contribution in [-0.2, 0) is 29.1 Å². The summed E-state index contributed by atoms with van der Waals surface area (Å²) in [4.78, 5) is 54.4. The third-order valence-corrected chi connectivity index (χ3v) is 5.80. The van der Waals surface area contributed by atoms with Crippen LogP contribution in [0.2, 0.25) is 0 Å². The molecular weight excluding hydrogens is 445 g/mol. The number of nitrogens with zero attached hydrogens (tertiary/aromatic N) is 3. The molecule has 2 heterocycles. The average Bonchev–Trinajstić information content (AvgIpc) is 3.02. The topological polar surface area (TPSA) is 134 Å². The van der Waals surface area contributed by atoms with Gasteiger partial charge in [0, 0.05) is 40.2 Å². The largest absolute Gasteiger partial charge is 0.501 e. The number of carbonyl (C=O) groups excluding carboxylic acids is 3. The molecule has 0 bridgehead atoms. The molecule has 0 radical (unpaired) electrons. The monoisotopic (exact) mass is 473 g/mol. The quantitative estimate of drug-likeness (QED) is 0.541. The normalized spacial score (nSPS) is 15.1. The Morgan fingerprint density at radius 3 is 2.65 bits per heavy atom. The van der Waals surface area contributed by atoms with Gasteiger partial charge < -0.3 is 20.6 Å². The molecule has 3 rings (SSSR count). The van der Waals surface area contributed by atoms with E-state index in [1.807, 2.05) is 0 Å². The fraction of sp³-hybridized carbons (Fsp3) is 0.435. The predicted molar refractivity (Wildman–Crippen MR) is 121 cm³/mol. The van der Waals surface area contributed by atoms with Crippen molar-refractivity contribution in [2.24, 2.45) is 5.92 Å². The number of fused-ring (bicyclic) bond motifs is 1. The molecule has 0 saturated heterocycles. The first-order chi connectivity index (χ1) is 16.1. The molecule has 1 aliphatic heterocycles. The first kappa shape index (κ1) is 24.9. The molecule has 1 atom stereocenters. The molecule has 0 saturated carbocycles. The number of aromatic hydroxyl groups is 1. The van der Waals surface area contributed by atoms with Gasteiger partial charge in [0.15, 0.2) is 5.69 Å². The van der Waals surface area contributed by atoms with Gasteiger partial charge in [-0.1, -0.05) is 12.1 Å². The third kappa shape index (κ3) is 5.59. The van der Waals surface area contributed by atoms with E-state index in [2.05, 4.69) is 15.6 Å². The summed E-state index contributed by atoms with van der Waals surface area (Å²) in [7, 11) is 2.98. The first-order valence-electron chi connectivity index (χ1n) is 10.9. The Balaban J connectivity index is 1.68. The summed E-state index contributed by atoms with van der Waals surface area (Å²) in [6, 6.07) is 4.43. The van der Waals surface area contributed by atoms with Gasteiger partial charge in [0.25, 0.3) is 11.5 Å². The number of likely N-dealkylation sites (N-methyl/N-ethyl adjacent to an activating group) is 1. The number of amides is 3. The minimum atomic E-state index is -0.736. The smallest absolute Gasteiger partial charge is 0.311 e. The van der Waals surface area contributed by atoms with Crippen molar-refractivity contribution in [2.75, 3.05) is 20.6 Å². The molecule has 1 aliphatic rings. The van der Waals surface area contributed by atoms with Gasteiger partial charge in [0.2, 0.25) is 5.75 Å². The van der Waals surface area contributed by atoms with E-state index in [9.17, 15) is 28.7 Å². The molecule has 2 aromatic rings. The molecule has 11 heteroatoms. The van der Waals surface area contributed by atoms with Crippen molar-refractivity contribution < 1.29 is 23.9 Å². The van der Waals surface area contributed by atoms with E-state index >= 15 is 0 Å². The van der Waals surface area contributed by atoms with E-state index < -0.39 is 29.0 Å². The third-order valence-electron chi connectivity index (χ3n) is 5.80. The molecule has 1 aromatic carbocycles. The second-order valence-corrected chi connectivity index (χ2v) is 8.55. The van der Waals surface area contributed by atoms with Gasteiger partial charge in [0.05, 0.1) is 0 Å². The Hall–Kier alpha value is -3.76. The van der Waals surface area contributed by atoms with E-state index in [1.54, 1.807) is 13.0 Å². The lowest BCUT2D eigenvalue weighted by atomic mass is 10.0. The van der Waals surface area contributed by atoms with Crippen molar-refractivity contribution in [3.63, 3.8) is 0 Å². The summed E-state index contributed by atoms with van der Waals surface area (Å²) in [5.74, 6) is -2.79.